The van der Waals surface area contributed by atoms with Gasteiger partial charge in [0.25, 0.3) is 0 Å². The van der Waals surface area contributed by atoms with Gasteiger partial charge in [0.15, 0.2) is 0 Å². The lowest BCUT2D eigenvalue weighted by Gasteiger charge is -2.23. The number of piperidine rings is 1. The van der Waals surface area contributed by atoms with Crippen LogP contribution in [0.15, 0.2) is 12.3 Å². The van der Waals surface area contributed by atoms with Crippen LogP contribution >= 0.6 is 24.0 Å². The highest BCUT2D eigenvalue weighted by Gasteiger charge is 2.12. The zero-order valence-corrected chi connectivity index (χ0v) is 11.1. The number of hydrogen-bond donors (Lipinski definition) is 1. The maximum absolute atomic E-state index is 5.66. The summed E-state index contributed by atoms with van der Waals surface area (Å²) < 4.78 is 5.51. The van der Waals surface area contributed by atoms with E-state index >= 15 is 0 Å². The third-order valence-electron chi connectivity index (χ3n) is 2.73. The van der Waals surface area contributed by atoms with Gasteiger partial charge in [-0.25, -0.2) is 4.98 Å². The molecule has 0 aromatic carbocycles. The van der Waals surface area contributed by atoms with Crippen LogP contribution in [0.1, 0.15) is 25.7 Å². The third kappa shape index (κ3) is 5.06. The van der Waals surface area contributed by atoms with Crippen LogP contribution < -0.4 is 10.1 Å². The molecule has 6 heteroatoms. The van der Waals surface area contributed by atoms with Gasteiger partial charge in [-0.3, -0.25) is 0 Å². The van der Waals surface area contributed by atoms with Gasteiger partial charge in [0.1, 0.15) is 0 Å². The van der Waals surface area contributed by atoms with E-state index in [1.807, 2.05) is 0 Å². The van der Waals surface area contributed by atoms with Crippen LogP contribution in [0.25, 0.3) is 0 Å². The summed E-state index contributed by atoms with van der Waals surface area (Å²) in [6, 6.07) is 2.31. The Hall–Kier alpha value is -0.580. The number of hydrogen-bond acceptors (Lipinski definition) is 4. The fourth-order valence-electron chi connectivity index (χ4n) is 1.88. The first-order valence-electron chi connectivity index (χ1n) is 5.69. The largest absolute Gasteiger partial charge is 0.477 e. The molecule has 0 spiro atoms. The standard InChI is InChI=1S/C11H16ClN3O.ClH/c12-11-14-7-4-10(15-11)16-8-5-9-3-1-2-6-13-9;/h4,7,9,13H,1-3,5-6,8H2;1H. The highest BCUT2D eigenvalue weighted by Crippen LogP contribution is 2.12. The van der Waals surface area contributed by atoms with Crippen molar-refractivity contribution >= 4 is 24.0 Å². The van der Waals surface area contributed by atoms with E-state index in [1.54, 1.807) is 12.3 Å². The van der Waals surface area contributed by atoms with Gasteiger partial charge in [-0.1, -0.05) is 6.42 Å². The van der Waals surface area contributed by atoms with Crippen LogP contribution in [-0.2, 0) is 0 Å². The third-order valence-corrected chi connectivity index (χ3v) is 2.91. The summed E-state index contributed by atoms with van der Waals surface area (Å²) in [5.41, 5.74) is 0. The lowest BCUT2D eigenvalue weighted by molar-refractivity contribution is 0.260. The number of aromatic nitrogens is 2. The zero-order chi connectivity index (χ0) is 11.2. The van der Waals surface area contributed by atoms with Crippen molar-refractivity contribution in [2.45, 2.75) is 31.7 Å². The number of nitrogens with one attached hydrogen (secondary N) is 1. The Morgan fingerprint density at radius 3 is 3.06 bits per heavy atom. The summed E-state index contributed by atoms with van der Waals surface area (Å²) in [7, 11) is 0. The molecule has 2 heterocycles. The van der Waals surface area contributed by atoms with Crippen LogP contribution in [0, 0.1) is 0 Å². The molecule has 1 fully saturated rings. The molecule has 1 N–H and O–H groups in total. The topological polar surface area (TPSA) is 47.0 Å². The van der Waals surface area contributed by atoms with Gasteiger partial charge in [0.2, 0.25) is 11.2 Å². The molecule has 4 nitrogen and oxygen atoms in total. The molecular weight excluding hydrogens is 261 g/mol. The Bertz CT molecular complexity index is 332. The highest BCUT2D eigenvalue weighted by atomic mass is 35.5. The van der Waals surface area contributed by atoms with Crippen LogP contribution in [0.5, 0.6) is 5.88 Å². The minimum Gasteiger partial charge on any atom is -0.477 e. The Balaban J connectivity index is 0.00000144. The van der Waals surface area contributed by atoms with Gasteiger partial charge in [0, 0.05) is 18.3 Å². The van der Waals surface area contributed by atoms with Crippen molar-refractivity contribution in [2.24, 2.45) is 0 Å². The van der Waals surface area contributed by atoms with Crippen molar-refractivity contribution in [3.8, 4) is 5.88 Å². The molecule has 2 rings (SSSR count). The summed E-state index contributed by atoms with van der Waals surface area (Å²) in [4.78, 5) is 7.77. The van der Waals surface area contributed by atoms with Crippen LogP contribution in [0.4, 0.5) is 0 Å². The predicted molar refractivity (Wildman–Crippen MR) is 70.0 cm³/mol. The first-order valence-corrected chi connectivity index (χ1v) is 6.07. The molecule has 0 saturated carbocycles. The summed E-state index contributed by atoms with van der Waals surface area (Å²) >= 11 is 5.66. The van der Waals surface area contributed by atoms with E-state index in [-0.39, 0.29) is 17.7 Å². The van der Waals surface area contributed by atoms with Crippen molar-refractivity contribution in [1.82, 2.24) is 15.3 Å². The van der Waals surface area contributed by atoms with E-state index in [2.05, 4.69) is 15.3 Å². The Morgan fingerprint density at radius 2 is 2.35 bits per heavy atom. The number of nitrogens with zero attached hydrogens (tertiary/aromatic N) is 2. The molecule has 1 atom stereocenters. The summed E-state index contributed by atoms with van der Waals surface area (Å²) in [6.07, 6.45) is 6.47. The summed E-state index contributed by atoms with van der Waals surface area (Å²) in [5.74, 6) is 0.552. The fourth-order valence-corrected chi connectivity index (χ4v) is 2.02. The minimum atomic E-state index is 0. The van der Waals surface area contributed by atoms with E-state index in [0.29, 0.717) is 18.5 Å². The molecule has 0 radical (unpaired) electrons. The molecule has 1 aliphatic heterocycles. The van der Waals surface area contributed by atoms with Crippen LogP contribution in [0.3, 0.4) is 0 Å². The molecule has 0 aliphatic carbocycles. The van der Waals surface area contributed by atoms with Crippen molar-refractivity contribution < 1.29 is 4.74 Å². The molecule has 0 amide bonds. The second kappa shape index (κ2) is 7.69. The fraction of sp³-hybridized carbons (Fsp3) is 0.636. The number of ether oxygens (including phenoxy) is 1. The maximum atomic E-state index is 5.66. The Labute approximate surface area is 113 Å². The first kappa shape index (κ1) is 14.5. The molecule has 1 saturated heterocycles. The monoisotopic (exact) mass is 277 g/mol. The van der Waals surface area contributed by atoms with Gasteiger partial charge in [-0.05, 0) is 37.4 Å². The number of rotatable bonds is 4. The maximum Gasteiger partial charge on any atom is 0.225 e. The molecule has 1 aliphatic rings. The Kier molecular flexibility index (Phi) is 6.55. The molecule has 1 unspecified atom stereocenters. The summed E-state index contributed by atoms with van der Waals surface area (Å²) in [6.45, 7) is 1.80. The quantitative estimate of drug-likeness (QED) is 0.859. The molecule has 1 aromatic heterocycles. The van der Waals surface area contributed by atoms with Crippen LogP contribution in [-0.4, -0.2) is 29.2 Å². The van der Waals surface area contributed by atoms with E-state index in [4.69, 9.17) is 16.3 Å². The van der Waals surface area contributed by atoms with Crippen molar-refractivity contribution in [3.05, 3.63) is 17.5 Å². The molecule has 1 aromatic rings. The number of halogens is 2. The first-order chi connectivity index (χ1) is 7.84. The van der Waals surface area contributed by atoms with Gasteiger partial charge < -0.3 is 10.1 Å². The average Bonchev–Trinajstić information content (AvgIpc) is 2.30. The second-order valence-electron chi connectivity index (χ2n) is 3.95. The zero-order valence-electron chi connectivity index (χ0n) is 9.56. The highest BCUT2D eigenvalue weighted by molar-refractivity contribution is 6.28. The smallest absolute Gasteiger partial charge is 0.225 e. The van der Waals surface area contributed by atoms with E-state index < -0.39 is 0 Å². The second-order valence-corrected chi connectivity index (χ2v) is 4.29. The SMILES string of the molecule is Cl.Clc1nccc(OCCC2CCCCN2)n1. The lowest BCUT2D eigenvalue weighted by Crippen LogP contribution is -2.35. The average molecular weight is 278 g/mol. The molecule has 17 heavy (non-hydrogen) atoms. The normalized spacial score (nSPS) is 19.5. The van der Waals surface area contributed by atoms with Gasteiger partial charge in [-0.15, -0.1) is 12.4 Å². The van der Waals surface area contributed by atoms with Crippen molar-refractivity contribution in [2.75, 3.05) is 13.2 Å². The lowest BCUT2D eigenvalue weighted by atomic mass is 10.0. The Morgan fingerprint density at radius 1 is 1.47 bits per heavy atom. The molecule has 0 bridgehead atoms. The van der Waals surface area contributed by atoms with Gasteiger partial charge in [-0.2, -0.15) is 4.98 Å². The van der Waals surface area contributed by atoms with Crippen molar-refractivity contribution in [1.29, 1.82) is 0 Å². The summed E-state index contributed by atoms with van der Waals surface area (Å²) in [5, 5.41) is 3.71. The molecular formula is C11H17Cl2N3O. The molecule has 96 valence electrons. The minimum absolute atomic E-state index is 0. The van der Waals surface area contributed by atoms with Gasteiger partial charge >= 0.3 is 0 Å². The van der Waals surface area contributed by atoms with Gasteiger partial charge in [0.05, 0.1) is 6.61 Å². The van der Waals surface area contributed by atoms with Crippen LogP contribution in [0.2, 0.25) is 5.28 Å². The predicted octanol–water partition coefficient (Wildman–Crippen LogP) is 2.46. The van der Waals surface area contributed by atoms with E-state index in [1.165, 1.54) is 19.3 Å². The van der Waals surface area contributed by atoms with Crippen molar-refractivity contribution in [3.63, 3.8) is 0 Å². The van der Waals surface area contributed by atoms with E-state index in [9.17, 15) is 0 Å². The van der Waals surface area contributed by atoms with E-state index in [0.717, 1.165) is 13.0 Å².